The Labute approximate surface area is 122 Å². The van der Waals surface area contributed by atoms with Gasteiger partial charge in [0, 0.05) is 34.9 Å². The summed E-state index contributed by atoms with van der Waals surface area (Å²) in [5, 5.41) is 5.96. The van der Waals surface area contributed by atoms with Crippen molar-refractivity contribution < 1.29 is 9.00 Å². The molecule has 0 aromatic heterocycles. The highest BCUT2D eigenvalue weighted by Gasteiger charge is 2.22. The van der Waals surface area contributed by atoms with Gasteiger partial charge in [-0.25, -0.2) is 4.79 Å². The van der Waals surface area contributed by atoms with Crippen molar-refractivity contribution in [3.05, 3.63) is 35.4 Å². The van der Waals surface area contributed by atoms with Gasteiger partial charge in [-0.15, -0.1) is 0 Å². The molecule has 2 N–H and O–H groups in total. The summed E-state index contributed by atoms with van der Waals surface area (Å²) in [5.74, 6) is 0. The summed E-state index contributed by atoms with van der Waals surface area (Å²) in [6, 6.07) is 8.36. The molecule has 0 radical (unpaired) electrons. The van der Waals surface area contributed by atoms with Gasteiger partial charge in [0.2, 0.25) is 0 Å². The van der Waals surface area contributed by atoms with E-state index in [4.69, 9.17) is 0 Å². The highest BCUT2D eigenvalue weighted by Crippen LogP contribution is 2.21. The van der Waals surface area contributed by atoms with Gasteiger partial charge in [0.1, 0.15) is 0 Å². The summed E-state index contributed by atoms with van der Waals surface area (Å²) in [6.07, 6.45) is 4.24. The highest BCUT2D eigenvalue weighted by molar-refractivity contribution is 7.84. The molecule has 0 bridgehead atoms. The number of fused-ring (bicyclic) bond motifs is 1. The Morgan fingerprint density at radius 2 is 1.95 bits per heavy atom. The number of benzene rings is 1. The molecule has 0 heterocycles. The molecule has 1 aliphatic rings. The zero-order valence-corrected chi connectivity index (χ0v) is 12.8. The van der Waals surface area contributed by atoms with Gasteiger partial charge in [0.05, 0.1) is 0 Å². The van der Waals surface area contributed by atoms with E-state index in [0.717, 1.165) is 19.3 Å². The number of nitrogens with one attached hydrogen (secondary N) is 2. The number of rotatable bonds is 5. The maximum atomic E-state index is 11.8. The van der Waals surface area contributed by atoms with Crippen LogP contribution in [0.4, 0.5) is 4.79 Å². The Kier molecular flexibility index (Phi) is 5.17. The molecule has 2 rings (SSSR count). The van der Waals surface area contributed by atoms with Crippen LogP contribution in [0.15, 0.2) is 24.3 Å². The molecule has 0 fully saturated rings. The summed E-state index contributed by atoms with van der Waals surface area (Å²) in [6.45, 7) is 2.50. The van der Waals surface area contributed by atoms with Crippen LogP contribution in [-0.2, 0) is 23.6 Å². The molecule has 2 atom stereocenters. The number of carbonyl (C=O) groups excluding carboxylic acids is 1. The van der Waals surface area contributed by atoms with Crippen LogP contribution in [0.1, 0.15) is 24.5 Å². The molecule has 5 heteroatoms. The first kappa shape index (κ1) is 15.0. The summed E-state index contributed by atoms with van der Waals surface area (Å²) in [7, 11) is -0.828. The zero-order valence-electron chi connectivity index (χ0n) is 12.0. The molecule has 0 saturated heterocycles. The van der Waals surface area contributed by atoms with Crippen molar-refractivity contribution in [2.75, 3.05) is 12.8 Å². The molecule has 2 amide bonds. The van der Waals surface area contributed by atoms with Crippen LogP contribution >= 0.6 is 0 Å². The van der Waals surface area contributed by atoms with Gasteiger partial charge in [-0.3, -0.25) is 4.21 Å². The minimum Gasteiger partial charge on any atom is -0.338 e. The topological polar surface area (TPSA) is 58.2 Å². The molecule has 1 aromatic carbocycles. The summed E-state index contributed by atoms with van der Waals surface area (Å²) < 4.78 is 11.2. The number of hydrogen-bond acceptors (Lipinski definition) is 2. The Morgan fingerprint density at radius 1 is 1.35 bits per heavy atom. The van der Waals surface area contributed by atoms with Crippen LogP contribution in [0.5, 0.6) is 0 Å². The fourth-order valence-electron chi connectivity index (χ4n) is 2.45. The van der Waals surface area contributed by atoms with Gasteiger partial charge >= 0.3 is 6.03 Å². The van der Waals surface area contributed by atoms with Gasteiger partial charge in [-0.2, -0.15) is 0 Å². The Hall–Kier alpha value is -1.36. The van der Waals surface area contributed by atoms with Gasteiger partial charge < -0.3 is 10.6 Å². The lowest BCUT2D eigenvalue weighted by atomic mass is 10.1. The van der Waals surface area contributed by atoms with Crippen LogP contribution in [0.25, 0.3) is 0 Å². The quantitative estimate of drug-likeness (QED) is 0.867. The summed E-state index contributed by atoms with van der Waals surface area (Å²) >= 11 is 0. The average Bonchev–Trinajstić information content (AvgIpc) is 2.80. The first-order valence-corrected chi connectivity index (χ1v) is 8.61. The van der Waals surface area contributed by atoms with Crippen molar-refractivity contribution in [2.24, 2.45) is 0 Å². The largest absolute Gasteiger partial charge is 0.338 e. The second-order valence-electron chi connectivity index (χ2n) is 5.37. The Morgan fingerprint density at radius 3 is 2.50 bits per heavy atom. The third-order valence-electron chi connectivity index (χ3n) is 3.79. The Bertz CT molecular complexity index is 479. The molecule has 1 aromatic rings. The highest BCUT2D eigenvalue weighted by atomic mass is 32.2. The molecule has 4 nitrogen and oxygen atoms in total. The summed E-state index contributed by atoms with van der Waals surface area (Å²) in [5.41, 5.74) is 2.65. The van der Waals surface area contributed by atoms with Crippen LogP contribution < -0.4 is 10.6 Å². The second-order valence-corrected chi connectivity index (χ2v) is 7.17. The minimum atomic E-state index is -0.828. The maximum absolute atomic E-state index is 11.8. The lowest BCUT2D eigenvalue weighted by Crippen LogP contribution is -2.43. The van der Waals surface area contributed by atoms with Crippen molar-refractivity contribution >= 4 is 16.8 Å². The molecule has 0 aliphatic heterocycles. The van der Waals surface area contributed by atoms with Crippen LogP contribution in [0.2, 0.25) is 0 Å². The van der Waals surface area contributed by atoms with E-state index in [-0.39, 0.29) is 17.3 Å². The molecular formula is C15H22N2O2S. The van der Waals surface area contributed by atoms with Gasteiger partial charge in [-0.05, 0) is 30.4 Å². The number of hydrogen-bond donors (Lipinski definition) is 2. The average molecular weight is 294 g/mol. The SMILES string of the molecule is C[C@@H](CCNC(=O)NC1Cc2ccccc2C1)[S@@](C)=O. The standard InChI is InChI=1S/C15H22N2O2S/c1-11(20(2)19)7-8-16-15(18)17-14-9-12-5-3-4-6-13(12)10-14/h3-6,11,14H,7-10H2,1-2H3,(H2,16,17,18)/t11-,20+/m0/s1. The van der Waals surface area contributed by atoms with E-state index in [1.165, 1.54) is 11.1 Å². The van der Waals surface area contributed by atoms with E-state index in [0.29, 0.717) is 6.54 Å². The fraction of sp³-hybridized carbons (Fsp3) is 0.533. The number of carbonyl (C=O) groups is 1. The maximum Gasteiger partial charge on any atom is 0.315 e. The van der Waals surface area contributed by atoms with Crippen LogP contribution in [0, 0.1) is 0 Å². The van der Waals surface area contributed by atoms with Gasteiger partial charge in [-0.1, -0.05) is 31.2 Å². The molecule has 0 unspecified atom stereocenters. The third kappa shape index (κ3) is 4.07. The first-order valence-electron chi connectivity index (χ1n) is 6.99. The van der Waals surface area contributed by atoms with Crippen LogP contribution in [0.3, 0.4) is 0 Å². The van der Waals surface area contributed by atoms with Crippen molar-refractivity contribution in [2.45, 2.75) is 37.5 Å². The Balaban J connectivity index is 1.70. The van der Waals surface area contributed by atoms with Crippen LogP contribution in [-0.4, -0.2) is 34.3 Å². The second kappa shape index (κ2) is 6.88. The smallest absolute Gasteiger partial charge is 0.315 e. The third-order valence-corrected chi connectivity index (χ3v) is 5.16. The van der Waals surface area contributed by atoms with E-state index in [9.17, 15) is 9.00 Å². The fourth-order valence-corrected chi connectivity index (χ4v) is 2.90. The van der Waals surface area contributed by atoms with E-state index in [2.05, 4.69) is 22.8 Å². The molecular weight excluding hydrogens is 272 g/mol. The van der Waals surface area contributed by atoms with Crippen molar-refractivity contribution in [1.82, 2.24) is 10.6 Å². The zero-order chi connectivity index (χ0) is 14.5. The molecule has 0 saturated carbocycles. The van der Waals surface area contributed by atoms with Gasteiger partial charge in [0.15, 0.2) is 0 Å². The van der Waals surface area contributed by atoms with E-state index < -0.39 is 10.8 Å². The number of amides is 2. The minimum absolute atomic E-state index is 0.117. The van der Waals surface area contributed by atoms with Crippen molar-refractivity contribution in [3.63, 3.8) is 0 Å². The summed E-state index contributed by atoms with van der Waals surface area (Å²) in [4.78, 5) is 11.8. The van der Waals surface area contributed by atoms with E-state index in [1.54, 1.807) is 6.26 Å². The van der Waals surface area contributed by atoms with Crippen molar-refractivity contribution in [3.8, 4) is 0 Å². The molecule has 1 aliphatic carbocycles. The monoisotopic (exact) mass is 294 g/mol. The lowest BCUT2D eigenvalue weighted by molar-refractivity contribution is 0.237. The van der Waals surface area contributed by atoms with Gasteiger partial charge in [0.25, 0.3) is 0 Å². The molecule has 0 spiro atoms. The van der Waals surface area contributed by atoms with Crippen molar-refractivity contribution in [1.29, 1.82) is 0 Å². The first-order chi connectivity index (χ1) is 9.56. The predicted octanol–water partition coefficient (Wildman–Crippen LogP) is 1.61. The normalized spacial score (nSPS) is 17.3. The molecule has 110 valence electrons. The van der Waals surface area contributed by atoms with E-state index in [1.807, 2.05) is 19.1 Å². The predicted molar refractivity (Wildman–Crippen MR) is 82.3 cm³/mol. The van der Waals surface area contributed by atoms with E-state index >= 15 is 0 Å². The molecule has 20 heavy (non-hydrogen) atoms. The lowest BCUT2D eigenvalue weighted by Gasteiger charge is -2.14. The number of urea groups is 1.